The molecule has 0 radical (unpaired) electrons. The molecule has 6 nitrogen and oxygen atoms in total. The number of nitrogens with zero attached hydrogens (tertiary/aromatic N) is 3. The molecule has 1 heterocycles. The molecule has 1 atom stereocenters. The molecule has 0 unspecified atom stereocenters. The second kappa shape index (κ2) is 5.15. The van der Waals surface area contributed by atoms with Crippen LogP contribution in [0.25, 0.3) is 5.69 Å². The number of ether oxygens (including phenoxy) is 1. The van der Waals surface area contributed by atoms with Crippen molar-refractivity contribution in [3.8, 4) is 5.69 Å². The zero-order valence-electron chi connectivity index (χ0n) is 10.5. The van der Waals surface area contributed by atoms with Gasteiger partial charge in [0.25, 0.3) is 5.82 Å². The highest BCUT2D eigenvalue weighted by molar-refractivity contribution is 5.84. The summed E-state index contributed by atoms with van der Waals surface area (Å²) in [5, 5.41) is 3.94. The second-order valence-corrected chi connectivity index (χ2v) is 3.97. The number of aromatic nitrogens is 3. The van der Waals surface area contributed by atoms with Crippen LogP contribution in [0, 0.1) is 5.82 Å². The first-order valence-electron chi connectivity index (χ1n) is 5.59. The van der Waals surface area contributed by atoms with Gasteiger partial charge in [0, 0.05) is 11.6 Å². The van der Waals surface area contributed by atoms with Crippen molar-refractivity contribution in [2.24, 2.45) is 5.73 Å². The number of benzene rings is 1. The van der Waals surface area contributed by atoms with E-state index < -0.39 is 17.8 Å². The van der Waals surface area contributed by atoms with Crippen LogP contribution in [-0.4, -0.2) is 27.8 Å². The summed E-state index contributed by atoms with van der Waals surface area (Å²) >= 11 is 0. The van der Waals surface area contributed by atoms with Crippen LogP contribution < -0.4 is 5.73 Å². The molecule has 1 aromatic heterocycles. The van der Waals surface area contributed by atoms with Gasteiger partial charge in [-0.25, -0.2) is 18.9 Å². The lowest BCUT2D eigenvalue weighted by molar-refractivity contribution is 0.0587. The number of nitrogens with two attached hydrogens (primary N) is 1. The van der Waals surface area contributed by atoms with Crippen LogP contribution in [0.3, 0.4) is 0 Å². The maximum absolute atomic E-state index is 13.8. The second-order valence-electron chi connectivity index (χ2n) is 3.97. The molecule has 0 spiro atoms. The summed E-state index contributed by atoms with van der Waals surface area (Å²) in [4.78, 5) is 15.1. The standard InChI is InChI=1S/C12H13FN4O2/c1-7(14)10-8(13)4-3-5-9(10)17-6-15-11(16-17)12(18)19-2/h3-7H,14H2,1-2H3/t7-/m1/s1. The Labute approximate surface area is 109 Å². The number of hydrogen-bond acceptors (Lipinski definition) is 5. The van der Waals surface area contributed by atoms with Gasteiger partial charge in [-0.3, -0.25) is 0 Å². The summed E-state index contributed by atoms with van der Waals surface area (Å²) in [7, 11) is 1.23. The largest absolute Gasteiger partial charge is 0.463 e. The number of esters is 1. The molecular formula is C12H13FN4O2. The molecule has 0 aliphatic carbocycles. The van der Waals surface area contributed by atoms with Crippen molar-refractivity contribution in [2.75, 3.05) is 7.11 Å². The van der Waals surface area contributed by atoms with E-state index in [1.807, 2.05) is 0 Å². The Morgan fingerprint density at radius 2 is 2.26 bits per heavy atom. The van der Waals surface area contributed by atoms with Crippen LogP contribution in [0.4, 0.5) is 4.39 Å². The van der Waals surface area contributed by atoms with E-state index in [4.69, 9.17) is 5.73 Å². The Morgan fingerprint density at radius 1 is 1.53 bits per heavy atom. The monoisotopic (exact) mass is 264 g/mol. The molecule has 7 heteroatoms. The smallest absolute Gasteiger partial charge is 0.377 e. The summed E-state index contributed by atoms with van der Waals surface area (Å²) in [6.07, 6.45) is 1.31. The lowest BCUT2D eigenvalue weighted by Gasteiger charge is -2.12. The minimum atomic E-state index is -0.655. The quantitative estimate of drug-likeness (QED) is 0.842. The van der Waals surface area contributed by atoms with Crippen molar-refractivity contribution >= 4 is 5.97 Å². The molecule has 0 aliphatic heterocycles. The summed E-state index contributed by atoms with van der Waals surface area (Å²) in [6.45, 7) is 1.67. The molecule has 0 fully saturated rings. The average Bonchev–Trinajstić information content (AvgIpc) is 2.86. The first-order valence-corrected chi connectivity index (χ1v) is 5.59. The summed E-state index contributed by atoms with van der Waals surface area (Å²) < 4.78 is 19.6. The summed E-state index contributed by atoms with van der Waals surface area (Å²) in [5.74, 6) is -1.18. The molecule has 1 aromatic carbocycles. The van der Waals surface area contributed by atoms with Gasteiger partial charge in [0.2, 0.25) is 0 Å². The van der Waals surface area contributed by atoms with E-state index in [2.05, 4.69) is 14.8 Å². The number of rotatable bonds is 3. The fourth-order valence-electron chi connectivity index (χ4n) is 1.74. The van der Waals surface area contributed by atoms with Crippen LogP contribution >= 0.6 is 0 Å². The van der Waals surface area contributed by atoms with Crippen molar-refractivity contribution in [1.29, 1.82) is 0 Å². The van der Waals surface area contributed by atoms with Gasteiger partial charge in [0.1, 0.15) is 12.1 Å². The molecule has 2 N–H and O–H groups in total. The summed E-state index contributed by atoms with van der Waals surface area (Å²) in [6, 6.07) is 4.00. The van der Waals surface area contributed by atoms with Crippen LogP contribution in [-0.2, 0) is 4.74 Å². The predicted octanol–water partition coefficient (Wildman–Crippen LogP) is 1.21. The highest BCUT2D eigenvalue weighted by atomic mass is 19.1. The zero-order chi connectivity index (χ0) is 14.0. The minimum Gasteiger partial charge on any atom is -0.463 e. The Balaban J connectivity index is 2.50. The van der Waals surface area contributed by atoms with Gasteiger partial charge in [0.05, 0.1) is 12.8 Å². The number of halogens is 1. The molecule has 0 saturated carbocycles. The van der Waals surface area contributed by atoms with Gasteiger partial charge in [-0.2, -0.15) is 0 Å². The number of methoxy groups -OCH3 is 1. The van der Waals surface area contributed by atoms with Crippen molar-refractivity contribution in [3.63, 3.8) is 0 Å². The Hall–Kier alpha value is -2.28. The Kier molecular flexibility index (Phi) is 3.57. The number of carbonyl (C=O) groups excluding carboxylic acids is 1. The van der Waals surface area contributed by atoms with Gasteiger partial charge >= 0.3 is 5.97 Å². The molecule has 0 amide bonds. The third-order valence-corrected chi connectivity index (χ3v) is 2.59. The fraction of sp³-hybridized carbons (Fsp3) is 0.250. The van der Waals surface area contributed by atoms with Gasteiger partial charge in [0.15, 0.2) is 0 Å². The van der Waals surface area contributed by atoms with Gasteiger partial charge < -0.3 is 10.5 Å². The maximum atomic E-state index is 13.8. The molecule has 2 rings (SSSR count). The van der Waals surface area contributed by atoms with E-state index in [0.29, 0.717) is 11.3 Å². The lowest BCUT2D eigenvalue weighted by atomic mass is 10.1. The van der Waals surface area contributed by atoms with Crippen LogP contribution in [0.15, 0.2) is 24.5 Å². The van der Waals surface area contributed by atoms with E-state index in [1.54, 1.807) is 13.0 Å². The Bertz CT molecular complexity index is 610. The Morgan fingerprint density at radius 3 is 2.89 bits per heavy atom. The molecule has 0 bridgehead atoms. The minimum absolute atomic E-state index is 0.0950. The first-order chi connectivity index (χ1) is 9.04. The van der Waals surface area contributed by atoms with E-state index in [0.717, 1.165) is 0 Å². The van der Waals surface area contributed by atoms with Crippen LogP contribution in [0.1, 0.15) is 29.1 Å². The lowest BCUT2D eigenvalue weighted by Crippen LogP contribution is -2.13. The zero-order valence-corrected chi connectivity index (χ0v) is 10.5. The van der Waals surface area contributed by atoms with E-state index >= 15 is 0 Å². The molecule has 0 aliphatic rings. The van der Waals surface area contributed by atoms with E-state index in [1.165, 1.54) is 30.3 Å². The number of hydrogen-bond donors (Lipinski definition) is 1. The average molecular weight is 264 g/mol. The van der Waals surface area contributed by atoms with Crippen molar-refractivity contribution in [3.05, 3.63) is 41.7 Å². The molecule has 100 valence electrons. The number of carbonyl (C=O) groups is 1. The molecule has 0 saturated heterocycles. The maximum Gasteiger partial charge on any atom is 0.377 e. The summed E-state index contributed by atoms with van der Waals surface area (Å²) in [5.41, 5.74) is 6.50. The van der Waals surface area contributed by atoms with Gasteiger partial charge in [-0.15, -0.1) is 5.10 Å². The normalized spacial score (nSPS) is 12.2. The van der Waals surface area contributed by atoms with Crippen molar-refractivity contribution < 1.29 is 13.9 Å². The highest BCUT2D eigenvalue weighted by Crippen LogP contribution is 2.22. The highest BCUT2D eigenvalue weighted by Gasteiger charge is 2.17. The third kappa shape index (κ3) is 2.45. The predicted molar refractivity (Wildman–Crippen MR) is 65.3 cm³/mol. The molecule has 2 aromatic rings. The molecule has 19 heavy (non-hydrogen) atoms. The van der Waals surface area contributed by atoms with E-state index in [-0.39, 0.29) is 5.82 Å². The van der Waals surface area contributed by atoms with E-state index in [9.17, 15) is 9.18 Å². The van der Waals surface area contributed by atoms with Gasteiger partial charge in [-0.1, -0.05) is 6.07 Å². The SMILES string of the molecule is COC(=O)c1ncn(-c2cccc(F)c2[C@@H](C)N)n1. The van der Waals surface area contributed by atoms with Gasteiger partial charge in [-0.05, 0) is 19.1 Å². The third-order valence-electron chi connectivity index (χ3n) is 2.59. The van der Waals surface area contributed by atoms with Crippen molar-refractivity contribution in [2.45, 2.75) is 13.0 Å². The van der Waals surface area contributed by atoms with Crippen molar-refractivity contribution in [1.82, 2.24) is 14.8 Å². The topological polar surface area (TPSA) is 83.0 Å². The molecular weight excluding hydrogens is 251 g/mol. The van der Waals surface area contributed by atoms with Crippen LogP contribution in [0.2, 0.25) is 0 Å². The van der Waals surface area contributed by atoms with Crippen LogP contribution in [0.5, 0.6) is 0 Å². The fourth-order valence-corrected chi connectivity index (χ4v) is 1.74. The first kappa shape index (κ1) is 13.2.